The van der Waals surface area contributed by atoms with Gasteiger partial charge < -0.3 is 10.1 Å². The molecular formula is C13H21NO2S. The second kappa shape index (κ2) is 6.77. The van der Waals surface area contributed by atoms with Crippen LogP contribution in [-0.2, 0) is 4.74 Å². The van der Waals surface area contributed by atoms with Gasteiger partial charge in [0.15, 0.2) is 0 Å². The number of ether oxygens (including phenoxy) is 1. The standard InChI is InChI=1S/C13H21NO2S/c1-9(2)16-7-5-6-14-13(15)12-8-17-11(4)10(12)3/h8-9H,5-7H2,1-4H3,(H,14,15). The topological polar surface area (TPSA) is 38.3 Å². The Morgan fingerprint density at radius 3 is 2.71 bits per heavy atom. The first-order chi connectivity index (χ1) is 8.02. The molecule has 0 unspecified atom stereocenters. The molecule has 0 aromatic carbocycles. The molecule has 17 heavy (non-hydrogen) atoms. The molecule has 0 radical (unpaired) electrons. The molecule has 1 heterocycles. The molecule has 0 fully saturated rings. The van der Waals surface area contributed by atoms with Crippen molar-refractivity contribution in [3.8, 4) is 0 Å². The SMILES string of the molecule is Cc1scc(C(=O)NCCCOC(C)C)c1C. The Hall–Kier alpha value is -0.870. The fourth-order valence-corrected chi connectivity index (χ4v) is 2.29. The summed E-state index contributed by atoms with van der Waals surface area (Å²) in [7, 11) is 0. The monoisotopic (exact) mass is 255 g/mol. The van der Waals surface area contributed by atoms with Crippen LogP contribution in [0.15, 0.2) is 5.38 Å². The predicted octanol–water partition coefficient (Wildman–Crippen LogP) is 2.91. The summed E-state index contributed by atoms with van der Waals surface area (Å²) in [5.74, 6) is 0.0244. The highest BCUT2D eigenvalue weighted by Gasteiger charge is 2.11. The summed E-state index contributed by atoms with van der Waals surface area (Å²) in [4.78, 5) is 13.0. The number of rotatable bonds is 6. The van der Waals surface area contributed by atoms with Gasteiger partial charge in [0.1, 0.15) is 0 Å². The van der Waals surface area contributed by atoms with Crippen LogP contribution in [0.4, 0.5) is 0 Å². The van der Waals surface area contributed by atoms with Crippen molar-refractivity contribution in [2.24, 2.45) is 0 Å². The van der Waals surface area contributed by atoms with Crippen molar-refractivity contribution in [1.29, 1.82) is 0 Å². The normalized spacial score (nSPS) is 10.9. The van der Waals surface area contributed by atoms with Gasteiger partial charge in [-0.1, -0.05) is 0 Å². The minimum Gasteiger partial charge on any atom is -0.379 e. The molecule has 1 N–H and O–H groups in total. The number of carbonyl (C=O) groups is 1. The number of hydrogen-bond acceptors (Lipinski definition) is 3. The van der Waals surface area contributed by atoms with E-state index in [-0.39, 0.29) is 12.0 Å². The third-order valence-electron chi connectivity index (χ3n) is 2.59. The lowest BCUT2D eigenvalue weighted by Gasteiger charge is -2.08. The Balaban J connectivity index is 2.28. The van der Waals surface area contributed by atoms with Gasteiger partial charge in [-0.3, -0.25) is 4.79 Å². The first kappa shape index (κ1) is 14.2. The molecule has 0 spiro atoms. The molecule has 96 valence electrons. The highest BCUT2D eigenvalue weighted by molar-refractivity contribution is 7.10. The molecule has 0 atom stereocenters. The quantitative estimate of drug-likeness (QED) is 0.794. The lowest BCUT2D eigenvalue weighted by atomic mass is 10.1. The van der Waals surface area contributed by atoms with Crippen LogP contribution in [-0.4, -0.2) is 25.2 Å². The van der Waals surface area contributed by atoms with E-state index in [1.165, 1.54) is 4.88 Å². The van der Waals surface area contributed by atoms with Gasteiger partial charge in [-0.05, 0) is 39.7 Å². The Kier molecular flexibility index (Phi) is 5.65. The van der Waals surface area contributed by atoms with Crippen LogP contribution in [0, 0.1) is 13.8 Å². The summed E-state index contributed by atoms with van der Waals surface area (Å²) in [6.07, 6.45) is 1.11. The summed E-state index contributed by atoms with van der Waals surface area (Å²) < 4.78 is 5.41. The third-order valence-corrected chi connectivity index (χ3v) is 3.60. The Morgan fingerprint density at radius 2 is 2.18 bits per heavy atom. The van der Waals surface area contributed by atoms with E-state index in [1.54, 1.807) is 11.3 Å². The summed E-state index contributed by atoms with van der Waals surface area (Å²) in [5.41, 5.74) is 1.89. The van der Waals surface area contributed by atoms with Crippen LogP contribution < -0.4 is 5.32 Å². The van der Waals surface area contributed by atoms with E-state index in [2.05, 4.69) is 5.32 Å². The van der Waals surface area contributed by atoms with Crippen molar-refractivity contribution in [3.05, 3.63) is 21.4 Å². The van der Waals surface area contributed by atoms with Crippen molar-refractivity contribution in [3.63, 3.8) is 0 Å². The van der Waals surface area contributed by atoms with Crippen LogP contribution in [0.25, 0.3) is 0 Å². The number of hydrogen-bond donors (Lipinski definition) is 1. The maximum Gasteiger partial charge on any atom is 0.252 e. The maximum atomic E-state index is 11.8. The average Bonchev–Trinajstić information content (AvgIpc) is 2.59. The molecule has 0 aliphatic rings. The molecule has 1 amide bonds. The number of carbonyl (C=O) groups excluding carboxylic acids is 1. The van der Waals surface area contributed by atoms with E-state index in [0.29, 0.717) is 13.2 Å². The smallest absolute Gasteiger partial charge is 0.252 e. The first-order valence-corrected chi connectivity index (χ1v) is 6.84. The van der Waals surface area contributed by atoms with Gasteiger partial charge in [-0.2, -0.15) is 0 Å². The van der Waals surface area contributed by atoms with Gasteiger partial charge in [0.25, 0.3) is 5.91 Å². The van der Waals surface area contributed by atoms with Crippen molar-refractivity contribution in [1.82, 2.24) is 5.32 Å². The molecule has 1 aromatic heterocycles. The van der Waals surface area contributed by atoms with Gasteiger partial charge in [0.05, 0.1) is 11.7 Å². The van der Waals surface area contributed by atoms with Crippen LogP contribution in [0.5, 0.6) is 0 Å². The number of amides is 1. The predicted molar refractivity (Wildman–Crippen MR) is 71.8 cm³/mol. The Bertz CT molecular complexity index is 371. The molecular weight excluding hydrogens is 234 g/mol. The number of aryl methyl sites for hydroxylation is 1. The third kappa shape index (κ3) is 4.48. The van der Waals surface area contributed by atoms with E-state index in [9.17, 15) is 4.79 Å². The van der Waals surface area contributed by atoms with E-state index in [1.807, 2.05) is 33.1 Å². The highest BCUT2D eigenvalue weighted by atomic mass is 32.1. The van der Waals surface area contributed by atoms with Crippen molar-refractivity contribution < 1.29 is 9.53 Å². The van der Waals surface area contributed by atoms with Crippen LogP contribution in [0.3, 0.4) is 0 Å². The molecule has 0 saturated heterocycles. The minimum atomic E-state index is 0.0244. The second-order valence-electron chi connectivity index (χ2n) is 4.36. The summed E-state index contributed by atoms with van der Waals surface area (Å²) in [5, 5.41) is 4.84. The highest BCUT2D eigenvalue weighted by Crippen LogP contribution is 2.20. The summed E-state index contributed by atoms with van der Waals surface area (Å²) >= 11 is 1.62. The Labute approximate surface area is 107 Å². The molecule has 0 saturated carbocycles. The molecule has 0 aliphatic carbocycles. The largest absolute Gasteiger partial charge is 0.379 e. The number of nitrogens with one attached hydrogen (secondary N) is 1. The summed E-state index contributed by atoms with van der Waals surface area (Å²) in [6.45, 7) is 9.40. The van der Waals surface area contributed by atoms with Gasteiger partial charge in [-0.25, -0.2) is 0 Å². The van der Waals surface area contributed by atoms with Crippen LogP contribution in [0.1, 0.15) is 41.1 Å². The van der Waals surface area contributed by atoms with Crippen molar-refractivity contribution in [2.45, 2.75) is 40.2 Å². The van der Waals surface area contributed by atoms with E-state index >= 15 is 0 Å². The fraction of sp³-hybridized carbons (Fsp3) is 0.615. The van der Waals surface area contributed by atoms with Crippen LogP contribution >= 0.6 is 11.3 Å². The first-order valence-electron chi connectivity index (χ1n) is 5.97. The molecule has 0 aliphatic heterocycles. The molecule has 0 bridgehead atoms. The molecule has 1 rings (SSSR count). The van der Waals surface area contributed by atoms with Gasteiger partial charge in [0.2, 0.25) is 0 Å². The Morgan fingerprint density at radius 1 is 1.47 bits per heavy atom. The fourth-order valence-electron chi connectivity index (χ4n) is 1.43. The summed E-state index contributed by atoms with van der Waals surface area (Å²) in [6, 6.07) is 0. The average molecular weight is 255 g/mol. The van der Waals surface area contributed by atoms with Crippen molar-refractivity contribution in [2.75, 3.05) is 13.2 Å². The zero-order valence-electron chi connectivity index (χ0n) is 11.0. The lowest BCUT2D eigenvalue weighted by molar-refractivity contribution is 0.0757. The zero-order chi connectivity index (χ0) is 12.8. The van der Waals surface area contributed by atoms with Gasteiger partial charge in [-0.15, -0.1) is 11.3 Å². The van der Waals surface area contributed by atoms with Gasteiger partial charge >= 0.3 is 0 Å². The van der Waals surface area contributed by atoms with Gasteiger partial charge in [0, 0.05) is 23.4 Å². The number of thiophene rings is 1. The van der Waals surface area contributed by atoms with E-state index in [0.717, 1.165) is 17.5 Å². The lowest BCUT2D eigenvalue weighted by Crippen LogP contribution is -2.25. The maximum absolute atomic E-state index is 11.8. The van der Waals surface area contributed by atoms with E-state index < -0.39 is 0 Å². The minimum absolute atomic E-state index is 0.0244. The molecule has 1 aromatic rings. The molecule has 3 nitrogen and oxygen atoms in total. The zero-order valence-corrected chi connectivity index (χ0v) is 11.8. The van der Waals surface area contributed by atoms with Crippen LogP contribution in [0.2, 0.25) is 0 Å². The molecule has 4 heteroatoms. The van der Waals surface area contributed by atoms with E-state index in [4.69, 9.17) is 4.74 Å². The second-order valence-corrected chi connectivity index (χ2v) is 5.44. The van der Waals surface area contributed by atoms with Crippen molar-refractivity contribution >= 4 is 17.2 Å².